The van der Waals surface area contributed by atoms with E-state index in [0.29, 0.717) is 0 Å². The molecule has 0 aliphatic carbocycles. The molecule has 0 N–H and O–H groups in total. The Kier molecular flexibility index (Phi) is 5.08. The van der Waals surface area contributed by atoms with E-state index in [1.54, 1.807) is 0 Å². The van der Waals surface area contributed by atoms with Crippen molar-refractivity contribution in [1.29, 1.82) is 0 Å². The first-order valence-electron chi connectivity index (χ1n) is 7.78. The molecule has 0 unspecified atom stereocenters. The molecule has 1 saturated heterocycles. The summed E-state index contributed by atoms with van der Waals surface area (Å²) in [6, 6.07) is 16.0. The van der Waals surface area contributed by atoms with Crippen LogP contribution in [0.3, 0.4) is 0 Å². The Balaban J connectivity index is 1.68. The molecule has 0 amide bonds. The molecule has 3 rings (SSSR count). The Labute approximate surface area is 145 Å². The van der Waals surface area contributed by atoms with Crippen molar-refractivity contribution >= 4 is 33.0 Å². The Bertz CT molecular complexity index is 660. The van der Waals surface area contributed by atoms with Crippen LogP contribution in [0, 0.1) is 0 Å². The van der Waals surface area contributed by atoms with Crippen LogP contribution in [0.4, 0.5) is 17.1 Å². The van der Waals surface area contributed by atoms with Crippen LogP contribution < -0.4 is 4.90 Å². The highest BCUT2D eigenvalue weighted by molar-refractivity contribution is 9.10. The minimum atomic E-state index is 0.260. The highest BCUT2D eigenvalue weighted by Gasteiger charge is 2.22. The van der Waals surface area contributed by atoms with Crippen molar-refractivity contribution in [3.8, 4) is 0 Å². The monoisotopic (exact) mass is 373 g/mol. The molecule has 23 heavy (non-hydrogen) atoms. The fourth-order valence-electron chi connectivity index (χ4n) is 2.74. The Morgan fingerprint density at radius 1 is 0.870 bits per heavy atom. The lowest BCUT2D eigenvalue weighted by molar-refractivity contribution is -0.00521. The van der Waals surface area contributed by atoms with E-state index < -0.39 is 0 Å². The predicted molar refractivity (Wildman–Crippen MR) is 97.0 cm³/mol. The van der Waals surface area contributed by atoms with E-state index in [9.17, 15) is 0 Å². The average Bonchev–Trinajstić information content (AvgIpc) is 2.54. The van der Waals surface area contributed by atoms with Crippen LogP contribution in [-0.2, 0) is 4.74 Å². The predicted octanol–water partition coefficient (Wildman–Crippen LogP) is 5.48. The molecule has 0 aromatic heterocycles. The van der Waals surface area contributed by atoms with Crippen molar-refractivity contribution in [2.75, 3.05) is 18.0 Å². The summed E-state index contributed by atoms with van der Waals surface area (Å²) in [7, 11) is 0. The Morgan fingerprint density at radius 3 is 1.87 bits per heavy atom. The highest BCUT2D eigenvalue weighted by atomic mass is 79.9. The summed E-state index contributed by atoms with van der Waals surface area (Å²) in [5, 5.41) is 8.54. The zero-order chi connectivity index (χ0) is 16.2. The summed E-state index contributed by atoms with van der Waals surface area (Å²) in [6.07, 6.45) is 0.519. The third kappa shape index (κ3) is 4.39. The summed E-state index contributed by atoms with van der Waals surface area (Å²) in [5.41, 5.74) is 2.90. The first kappa shape index (κ1) is 16.1. The number of benzene rings is 2. The van der Waals surface area contributed by atoms with E-state index in [1.807, 2.05) is 36.4 Å². The summed E-state index contributed by atoms with van der Waals surface area (Å²) >= 11 is 3.41. The van der Waals surface area contributed by atoms with Crippen LogP contribution in [0.1, 0.15) is 13.8 Å². The van der Waals surface area contributed by atoms with Crippen LogP contribution in [0.25, 0.3) is 0 Å². The molecular formula is C18H20BrN3O. The summed E-state index contributed by atoms with van der Waals surface area (Å²) in [6.45, 7) is 6.07. The van der Waals surface area contributed by atoms with Crippen LogP contribution in [0.2, 0.25) is 0 Å². The lowest BCUT2D eigenvalue weighted by Crippen LogP contribution is -2.45. The second kappa shape index (κ2) is 7.23. The van der Waals surface area contributed by atoms with Gasteiger partial charge in [-0.2, -0.15) is 10.2 Å². The van der Waals surface area contributed by atoms with E-state index >= 15 is 0 Å². The maximum Gasteiger partial charge on any atom is 0.0858 e. The van der Waals surface area contributed by atoms with Crippen molar-refractivity contribution in [2.24, 2.45) is 10.2 Å². The van der Waals surface area contributed by atoms with Gasteiger partial charge in [-0.15, -0.1) is 0 Å². The SMILES string of the molecule is C[C@@H]1CN(c2ccc(N=Nc3ccc(Br)cc3)cc2)C[C@@H](C)O1. The van der Waals surface area contributed by atoms with Crippen LogP contribution in [-0.4, -0.2) is 25.3 Å². The third-order valence-electron chi connectivity index (χ3n) is 3.74. The third-order valence-corrected chi connectivity index (χ3v) is 4.27. The minimum Gasteiger partial charge on any atom is -0.372 e. The Morgan fingerprint density at radius 2 is 1.35 bits per heavy atom. The van der Waals surface area contributed by atoms with Gasteiger partial charge < -0.3 is 9.64 Å². The Hall–Kier alpha value is -1.72. The molecule has 0 radical (unpaired) electrons. The lowest BCUT2D eigenvalue weighted by Gasteiger charge is -2.36. The van der Waals surface area contributed by atoms with Crippen LogP contribution in [0.15, 0.2) is 63.2 Å². The van der Waals surface area contributed by atoms with Gasteiger partial charge in [-0.1, -0.05) is 15.9 Å². The second-order valence-corrected chi connectivity index (χ2v) is 6.77. The normalized spacial score (nSPS) is 21.8. The van der Waals surface area contributed by atoms with Crippen molar-refractivity contribution in [3.05, 3.63) is 53.0 Å². The smallest absolute Gasteiger partial charge is 0.0858 e. The molecule has 2 atom stereocenters. The minimum absolute atomic E-state index is 0.260. The molecule has 4 nitrogen and oxygen atoms in total. The number of ether oxygens (including phenoxy) is 1. The van der Waals surface area contributed by atoms with Gasteiger partial charge in [0.25, 0.3) is 0 Å². The van der Waals surface area contributed by atoms with Crippen molar-refractivity contribution in [3.63, 3.8) is 0 Å². The van der Waals surface area contributed by atoms with E-state index in [-0.39, 0.29) is 12.2 Å². The van der Waals surface area contributed by atoms with Gasteiger partial charge in [0.15, 0.2) is 0 Å². The van der Waals surface area contributed by atoms with Crippen molar-refractivity contribution in [1.82, 2.24) is 0 Å². The van der Waals surface area contributed by atoms with E-state index in [0.717, 1.165) is 28.9 Å². The van der Waals surface area contributed by atoms with Gasteiger partial charge in [0.1, 0.15) is 0 Å². The molecule has 1 heterocycles. The zero-order valence-electron chi connectivity index (χ0n) is 13.3. The van der Waals surface area contributed by atoms with Gasteiger partial charge in [0.2, 0.25) is 0 Å². The van der Waals surface area contributed by atoms with E-state index in [2.05, 4.69) is 57.0 Å². The number of hydrogen-bond acceptors (Lipinski definition) is 4. The van der Waals surface area contributed by atoms with Gasteiger partial charge >= 0.3 is 0 Å². The number of halogens is 1. The van der Waals surface area contributed by atoms with Crippen LogP contribution in [0.5, 0.6) is 0 Å². The number of anilines is 1. The molecular weight excluding hydrogens is 354 g/mol. The molecule has 120 valence electrons. The van der Waals surface area contributed by atoms with E-state index in [4.69, 9.17) is 4.74 Å². The fraction of sp³-hybridized carbons (Fsp3) is 0.333. The number of rotatable bonds is 3. The van der Waals surface area contributed by atoms with Gasteiger partial charge in [-0.3, -0.25) is 0 Å². The number of nitrogens with zero attached hydrogens (tertiary/aromatic N) is 3. The number of azo groups is 1. The maximum absolute atomic E-state index is 5.78. The molecule has 1 aliphatic rings. The standard InChI is InChI=1S/C18H20BrN3O/c1-13-11-22(12-14(2)23-13)18-9-7-17(8-10-18)21-20-16-5-3-15(19)4-6-16/h3-10,13-14H,11-12H2,1-2H3/t13-,14-/m1/s1. The van der Waals surface area contributed by atoms with Gasteiger partial charge in [-0.05, 0) is 62.4 Å². The number of morpholine rings is 1. The maximum atomic E-state index is 5.78. The average molecular weight is 374 g/mol. The summed E-state index contributed by atoms with van der Waals surface area (Å²) in [5.74, 6) is 0. The molecule has 1 fully saturated rings. The van der Waals surface area contributed by atoms with Gasteiger partial charge in [-0.25, -0.2) is 0 Å². The first-order valence-corrected chi connectivity index (χ1v) is 8.57. The fourth-order valence-corrected chi connectivity index (χ4v) is 3.01. The second-order valence-electron chi connectivity index (χ2n) is 5.86. The molecule has 2 aromatic carbocycles. The van der Waals surface area contributed by atoms with Gasteiger partial charge in [0.05, 0.1) is 23.6 Å². The molecule has 0 saturated carbocycles. The number of hydrogen-bond donors (Lipinski definition) is 0. The van der Waals surface area contributed by atoms with Crippen molar-refractivity contribution in [2.45, 2.75) is 26.1 Å². The molecule has 0 spiro atoms. The zero-order valence-corrected chi connectivity index (χ0v) is 14.9. The highest BCUT2D eigenvalue weighted by Crippen LogP contribution is 2.25. The largest absolute Gasteiger partial charge is 0.372 e. The van der Waals surface area contributed by atoms with Gasteiger partial charge in [0, 0.05) is 23.2 Å². The molecule has 5 heteroatoms. The summed E-state index contributed by atoms with van der Waals surface area (Å²) in [4.78, 5) is 2.36. The van der Waals surface area contributed by atoms with Crippen molar-refractivity contribution < 1.29 is 4.74 Å². The molecule has 2 aromatic rings. The van der Waals surface area contributed by atoms with Crippen LogP contribution >= 0.6 is 15.9 Å². The summed E-state index contributed by atoms with van der Waals surface area (Å²) < 4.78 is 6.82. The molecule has 0 bridgehead atoms. The lowest BCUT2D eigenvalue weighted by atomic mass is 10.2. The quantitative estimate of drug-likeness (QED) is 0.668. The molecule has 1 aliphatic heterocycles. The van der Waals surface area contributed by atoms with E-state index in [1.165, 1.54) is 5.69 Å². The first-order chi connectivity index (χ1) is 11.1. The topological polar surface area (TPSA) is 37.2 Å².